The molecule has 0 heterocycles. The summed E-state index contributed by atoms with van der Waals surface area (Å²) in [4.78, 5) is 2.14. The Morgan fingerprint density at radius 3 is 2.35 bits per heavy atom. The fraction of sp³-hybridized carbons (Fsp3) is 0.333. The number of hydrogen-bond donors (Lipinski definition) is 1. The number of nitrogens with zero attached hydrogens (tertiary/aromatic N) is 1. The van der Waals surface area contributed by atoms with Crippen molar-refractivity contribution >= 4 is 5.69 Å². The summed E-state index contributed by atoms with van der Waals surface area (Å²) < 4.78 is 0. The molecule has 0 aliphatic rings. The highest BCUT2D eigenvalue weighted by Crippen LogP contribution is 2.28. The van der Waals surface area contributed by atoms with Crippen molar-refractivity contribution in [3.05, 3.63) is 64.7 Å². The van der Waals surface area contributed by atoms with Gasteiger partial charge in [-0.25, -0.2) is 0 Å². The topological polar surface area (TPSA) is 15.3 Å². The van der Waals surface area contributed by atoms with Crippen LogP contribution in [0.15, 0.2) is 42.5 Å². The van der Waals surface area contributed by atoms with E-state index in [4.69, 9.17) is 0 Å². The smallest absolute Gasteiger partial charge is 0.0577 e. The first-order chi connectivity index (χ1) is 9.54. The Morgan fingerprint density at radius 1 is 1.00 bits per heavy atom. The van der Waals surface area contributed by atoms with Crippen LogP contribution in [0.2, 0.25) is 0 Å². The summed E-state index contributed by atoms with van der Waals surface area (Å²) in [6.07, 6.45) is 0. The van der Waals surface area contributed by atoms with Gasteiger partial charge in [0.25, 0.3) is 0 Å². The molecule has 1 unspecified atom stereocenters. The van der Waals surface area contributed by atoms with E-state index in [0.717, 1.165) is 0 Å². The number of hydrogen-bond acceptors (Lipinski definition) is 2. The number of aryl methyl sites for hydroxylation is 1. The van der Waals surface area contributed by atoms with Crippen LogP contribution in [0.4, 0.5) is 5.69 Å². The highest BCUT2D eigenvalue weighted by molar-refractivity contribution is 5.50. The molecule has 20 heavy (non-hydrogen) atoms. The van der Waals surface area contributed by atoms with Crippen LogP contribution in [0.25, 0.3) is 0 Å². The lowest BCUT2D eigenvalue weighted by atomic mass is 9.92. The third kappa shape index (κ3) is 2.86. The van der Waals surface area contributed by atoms with E-state index in [1.54, 1.807) is 0 Å². The van der Waals surface area contributed by atoms with Gasteiger partial charge in [0.1, 0.15) is 0 Å². The van der Waals surface area contributed by atoms with Crippen molar-refractivity contribution in [2.75, 3.05) is 26.0 Å². The maximum absolute atomic E-state index is 3.45. The van der Waals surface area contributed by atoms with E-state index >= 15 is 0 Å². The first-order valence-electron chi connectivity index (χ1n) is 7.05. The van der Waals surface area contributed by atoms with Crippen molar-refractivity contribution in [1.29, 1.82) is 0 Å². The average Bonchev–Trinajstić information content (AvgIpc) is 2.44. The molecule has 0 saturated carbocycles. The Balaban J connectivity index is 2.47. The van der Waals surface area contributed by atoms with Crippen LogP contribution in [-0.2, 0) is 0 Å². The number of rotatable bonds is 4. The summed E-state index contributed by atoms with van der Waals surface area (Å²) in [7, 11) is 6.17. The van der Waals surface area contributed by atoms with E-state index in [1.165, 1.54) is 27.9 Å². The second-order valence-corrected chi connectivity index (χ2v) is 5.50. The van der Waals surface area contributed by atoms with Crippen molar-refractivity contribution in [1.82, 2.24) is 5.32 Å². The van der Waals surface area contributed by atoms with Crippen LogP contribution in [0.3, 0.4) is 0 Å². The van der Waals surface area contributed by atoms with Gasteiger partial charge in [-0.3, -0.25) is 0 Å². The second kappa shape index (κ2) is 6.10. The summed E-state index contributed by atoms with van der Waals surface area (Å²) in [6.45, 7) is 4.37. The van der Waals surface area contributed by atoms with E-state index in [0.29, 0.717) is 0 Å². The van der Waals surface area contributed by atoms with Gasteiger partial charge in [0.2, 0.25) is 0 Å². The van der Waals surface area contributed by atoms with Crippen molar-refractivity contribution in [2.24, 2.45) is 0 Å². The maximum atomic E-state index is 3.45. The molecule has 0 saturated heterocycles. The van der Waals surface area contributed by atoms with E-state index in [-0.39, 0.29) is 6.04 Å². The zero-order valence-electron chi connectivity index (χ0n) is 13.1. The van der Waals surface area contributed by atoms with Crippen molar-refractivity contribution in [3.63, 3.8) is 0 Å². The zero-order chi connectivity index (χ0) is 14.7. The number of anilines is 1. The van der Waals surface area contributed by atoms with Crippen molar-refractivity contribution in [3.8, 4) is 0 Å². The lowest BCUT2D eigenvalue weighted by Crippen LogP contribution is -2.19. The Kier molecular flexibility index (Phi) is 4.46. The van der Waals surface area contributed by atoms with Gasteiger partial charge in [0.15, 0.2) is 0 Å². The predicted octanol–water partition coefficient (Wildman–Crippen LogP) is 3.68. The molecule has 0 spiro atoms. The first kappa shape index (κ1) is 14.6. The van der Waals surface area contributed by atoms with Gasteiger partial charge in [0, 0.05) is 19.8 Å². The van der Waals surface area contributed by atoms with Gasteiger partial charge in [-0.15, -0.1) is 0 Å². The minimum Gasteiger partial charge on any atom is -0.378 e. The minimum absolute atomic E-state index is 0.231. The monoisotopic (exact) mass is 268 g/mol. The molecular formula is C18H24N2. The van der Waals surface area contributed by atoms with E-state index in [1.807, 2.05) is 7.05 Å². The molecule has 0 aliphatic heterocycles. The molecule has 0 amide bonds. The molecule has 2 heteroatoms. The Bertz CT molecular complexity index is 588. The molecular weight excluding hydrogens is 244 g/mol. The summed E-state index contributed by atoms with van der Waals surface area (Å²) in [5, 5.41) is 3.45. The number of benzene rings is 2. The van der Waals surface area contributed by atoms with Gasteiger partial charge >= 0.3 is 0 Å². The quantitative estimate of drug-likeness (QED) is 0.910. The van der Waals surface area contributed by atoms with Crippen LogP contribution < -0.4 is 10.2 Å². The van der Waals surface area contributed by atoms with E-state index < -0.39 is 0 Å². The number of nitrogens with one attached hydrogen (secondary N) is 1. The minimum atomic E-state index is 0.231. The first-order valence-corrected chi connectivity index (χ1v) is 7.05. The lowest BCUT2D eigenvalue weighted by molar-refractivity contribution is 0.686. The molecule has 0 fully saturated rings. The van der Waals surface area contributed by atoms with Crippen LogP contribution in [-0.4, -0.2) is 21.1 Å². The molecule has 0 aliphatic carbocycles. The molecule has 1 N–H and O–H groups in total. The van der Waals surface area contributed by atoms with E-state index in [2.05, 4.69) is 80.6 Å². The molecule has 2 nitrogen and oxygen atoms in total. The SMILES string of the molecule is CNC(c1cccc(N(C)C)c1)c1cccc(C)c1C. The summed E-state index contributed by atoms with van der Waals surface area (Å²) >= 11 is 0. The third-order valence-corrected chi connectivity index (χ3v) is 3.97. The molecule has 106 valence electrons. The predicted molar refractivity (Wildman–Crippen MR) is 87.6 cm³/mol. The molecule has 0 radical (unpaired) electrons. The fourth-order valence-corrected chi connectivity index (χ4v) is 2.57. The van der Waals surface area contributed by atoms with Gasteiger partial charge < -0.3 is 10.2 Å². The Morgan fingerprint density at radius 2 is 1.70 bits per heavy atom. The Labute approximate surface area is 122 Å². The fourth-order valence-electron chi connectivity index (χ4n) is 2.57. The van der Waals surface area contributed by atoms with Crippen LogP contribution in [0.1, 0.15) is 28.3 Å². The molecule has 1 atom stereocenters. The molecule has 2 aromatic carbocycles. The molecule has 0 bridgehead atoms. The van der Waals surface area contributed by atoms with Gasteiger partial charge in [-0.2, -0.15) is 0 Å². The summed E-state index contributed by atoms with van der Waals surface area (Å²) in [5.74, 6) is 0. The van der Waals surface area contributed by atoms with Crippen LogP contribution in [0.5, 0.6) is 0 Å². The van der Waals surface area contributed by atoms with Gasteiger partial charge in [-0.05, 0) is 55.3 Å². The molecule has 2 rings (SSSR count). The zero-order valence-corrected chi connectivity index (χ0v) is 13.1. The van der Waals surface area contributed by atoms with Gasteiger partial charge in [0.05, 0.1) is 6.04 Å². The maximum Gasteiger partial charge on any atom is 0.0577 e. The van der Waals surface area contributed by atoms with Gasteiger partial charge in [-0.1, -0.05) is 30.3 Å². The van der Waals surface area contributed by atoms with Crippen LogP contribution in [0, 0.1) is 13.8 Å². The second-order valence-electron chi connectivity index (χ2n) is 5.50. The summed E-state index contributed by atoms with van der Waals surface area (Å²) in [6, 6.07) is 15.5. The average molecular weight is 268 g/mol. The van der Waals surface area contributed by atoms with Crippen molar-refractivity contribution < 1.29 is 0 Å². The summed E-state index contributed by atoms with van der Waals surface area (Å²) in [5.41, 5.74) is 6.58. The standard InChI is InChI=1S/C18H24N2/c1-13-8-6-11-17(14(13)2)18(19-3)15-9-7-10-16(12-15)20(4)5/h6-12,18-19H,1-5H3. The Hall–Kier alpha value is -1.80. The normalized spacial score (nSPS) is 12.2. The largest absolute Gasteiger partial charge is 0.378 e. The third-order valence-electron chi connectivity index (χ3n) is 3.97. The van der Waals surface area contributed by atoms with Crippen molar-refractivity contribution in [2.45, 2.75) is 19.9 Å². The molecule has 2 aromatic rings. The highest BCUT2D eigenvalue weighted by atomic mass is 15.1. The lowest BCUT2D eigenvalue weighted by Gasteiger charge is -2.22. The molecule has 0 aromatic heterocycles. The van der Waals surface area contributed by atoms with Crippen LogP contribution >= 0.6 is 0 Å². The van der Waals surface area contributed by atoms with E-state index in [9.17, 15) is 0 Å². The highest BCUT2D eigenvalue weighted by Gasteiger charge is 2.15.